The molecule has 2 aliphatic carbocycles. The Morgan fingerprint density at radius 3 is 1.83 bits per heavy atom. The van der Waals surface area contributed by atoms with E-state index in [-0.39, 0.29) is 5.41 Å². The molecule has 0 bridgehead atoms. The monoisotopic (exact) mass is 678 g/mol. The van der Waals surface area contributed by atoms with Gasteiger partial charge in [0.1, 0.15) is 0 Å². The van der Waals surface area contributed by atoms with Gasteiger partial charge in [0, 0.05) is 43.7 Å². The Balaban J connectivity index is 0.950. The summed E-state index contributed by atoms with van der Waals surface area (Å²) < 4.78 is 4.96. The second-order valence-electron chi connectivity index (χ2n) is 15.3. The molecular formula is C51H38N2. The van der Waals surface area contributed by atoms with Gasteiger partial charge in [0.15, 0.2) is 0 Å². The molecule has 11 rings (SSSR count). The molecule has 0 aliphatic heterocycles. The normalized spacial score (nSPS) is 15.8. The molecule has 252 valence electrons. The van der Waals surface area contributed by atoms with Crippen LogP contribution in [0.3, 0.4) is 0 Å². The van der Waals surface area contributed by atoms with Crippen LogP contribution in [0.15, 0.2) is 176 Å². The van der Waals surface area contributed by atoms with Gasteiger partial charge in [-0.05, 0) is 99.5 Å². The first-order chi connectivity index (χ1) is 26.0. The quantitative estimate of drug-likeness (QED) is 0.175. The predicted molar refractivity (Wildman–Crippen MR) is 224 cm³/mol. The molecule has 2 aromatic heterocycles. The molecule has 9 aromatic rings. The van der Waals surface area contributed by atoms with Gasteiger partial charge in [0.05, 0.1) is 17.1 Å². The van der Waals surface area contributed by atoms with Crippen LogP contribution in [0.4, 0.5) is 0 Å². The Morgan fingerprint density at radius 2 is 1.08 bits per heavy atom. The number of para-hydroxylation sites is 2. The van der Waals surface area contributed by atoms with Gasteiger partial charge in [-0.2, -0.15) is 0 Å². The first-order valence-electron chi connectivity index (χ1n) is 18.8. The molecule has 1 atom stereocenters. The second-order valence-corrected chi connectivity index (χ2v) is 15.3. The molecule has 0 radical (unpaired) electrons. The van der Waals surface area contributed by atoms with Crippen LogP contribution in [-0.4, -0.2) is 9.13 Å². The summed E-state index contributed by atoms with van der Waals surface area (Å²) in [5, 5.41) is 5.21. The van der Waals surface area contributed by atoms with Crippen molar-refractivity contribution in [2.24, 2.45) is 0 Å². The molecule has 0 saturated carbocycles. The highest BCUT2D eigenvalue weighted by Crippen LogP contribution is 2.51. The van der Waals surface area contributed by atoms with E-state index in [1.165, 1.54) is 93.8 Å². The Morgan fingerprint density at radius 1 is 0.472 bits per heavy atom. The van der Waals surface area contributed by atoms with Gasteiger partial charge < -0.3 is 9.13 Å². The highest BCUT2D eigenvalue weighted by Gasteiger charge is 2.36. The van der Waals surface area contributed by atoms with Crippen LogP contribution in [0.25, 0.3) is 82.7 Å². The Bertz CT molecular complexity index is 2980. The first kappa shape index (κ1) is 30.3. The maximum absolute atomic E-state index is 2.51. The lowest BCUT2D eigenvalue weighted by Gasteiger charge is -2.21. The Labute approximate surface area is 309 Å². The van der Waals surface area contributed by atoms with Crippen LogP contribution in [0, 0.1) is 0 Å². The fourth-order valence-corrected chi connectivity index (χ4v) is 9.40. The van der Waals surface area contributed by atoms with Crippen LogP contribution in [0.5, 0.6) is 0 Å². The molecule has 2 heterocycles. The van der Waals surface area contributed by atoms with E-state index in [2.05, 4.69) is 199 Å². The zero-order chi connectivity index (χ0) is 35.3. The van der Waals surface area contributed by atoms with E-state index in [9.17, 15) is 0 Å². The van der Waals surface area contributed by atoms with Crippen LogP contribution in [-0.2, 0) is 5.41 Å². The summed E-state index contributed by atoms with van der Waals surface area (Å²) in [6.45, 7) is 4.72. The van der Waals surface area contributed by atoms with Gasteiger partial charge in [-0.15, -0.1) is 0 Å². The summed E-state index contributed by atoms with van der Waals surface area (Å²) >= 11 is 0. The van der Waals surface area contributed by atoms with Crippen molar-refractivity contribution in [3.63, 3.8) is 0 Å². The average Bonchev–Trinajstić information content (AvgIpc) is 3.80. The molecular weight excluding hydrogens is 641 g/mol. The third-order valence-corrected chi connectivity index (χ3v) is 12.1. The number of hydrogen-bond donors (Lipinski definition) is 0. The molecule has 2 heteroatoms. The van der Waals surface area contributed by atoms with E-state index in [0.29, 0.717) is 6.04 Å². The third kappa shape index (κ3) is 4.45. The fraction of sp³-hybridized carbons (Fsp3) is 0.0980. The number of hydrogen-bond acceptors (Lipinski definition) is 0. The summed E-state index contributed by atoms with van der Waals surface area (Å²) in [7, 11) is 0. The SMILES string of the molecule is CC1(C)c2ccccc2-c2cc3c4ccccc4n(-c4ccc(-c5ccc(-c6ccc7c(c6)c6ccccc6n7C6C=CC=CC6)cc5)cc4)c3cc21. The van der Waals surface area contributed by atoms with Crippen molar-refractivity contribution < 1.29 is 0 Å². The number of aromatic nitrogens is 2. The van der Waals surface area contributed by atoms with Gasteiger partial charge in [-0.25, -0.2) is 0 Å². The molecule has 0 amide bonds. The van der Waals surface area contributed by atoms with Gasteiger partial charge in [0.2, 0.25) is 0 Å². The van der Waals surface area contributed by atoms with Crippen molar-refractivity contribution in [1.82, 2.24) is 9.13 Å². The molecule has 0 spiro atoms. The van der Waals surface area contributed by atoms with E-state index in [1.54, 1.807) is 0 Å². The standard InChI is InChI=1S/C51H38N2/c1-51(2)45-17-9-6-14-39(45)42-31-44-41-16-8-11-19-48(41)53(50(44)32-46(42)51)38-27-24-34(25-28-38)33-20-22-35(23-21-33)36-26-29-49-43(30-36)40-15-7-10-18-47(40)52(49)37-12-4-3-5-13-37/h3-12,14-32,37H,13H2,1-2H3. The zero-order valence-electron chi connectivity index (χ0n) is 29.9. The maximum atomic E-state index is 2.51. The van der Waals surface area contributed by atoms with Crippen molar-refractivity contribution in [2.45, 2.75) is 31.7 Å². The molecule has 0 N–H and O–H groups in total. The number of allylic oxidation sites excluding steroid dienone is 4. The van der Waals surface area contributed by atoms with Crippen LogP contribution < -0.4 is 0 Å². The van der Waals surface area contributed by atoms with E-state index < -0.39 is 0 Å². The summed E-state index contributed by atoms with van der Waals surface area (Å²) in [6.07, 6.45) is 9.93. The minimum absolute atomic E-state index is 0.0492. The molecule has 2 aliphatic rings. The number of benzene rings is 7. The zero-order valence-corrected chi connectivity index (χ0v) is 29.9. The second kappa shape index (κ2) is 11.3. The van der Waals surface area contributed by atoms with Crippen LogP contribution in [0.1, 0.15) is 37.4 Å². The van der Waals surface area contributed by atoms with Crippen molar-refractivity contribution in [3.05, 3.63) is 187 Å². The maximum Gasteiger partial charge on any atom is 0.0560 e. The van der Waals surface area contributed by atoms with Crippen molar-refractivity contribution in [3.8, 4) is 39.1 Å². The third-order valence-electron chi connectivity index (χ3n) is 12.1. The molecule has 53 heavy (non-hydrogen) atoms. The van der Waals surface area contributed by atoms with Crippen LogP contribution in [0.2, 0.25) is 0 Å². The smallest absolute Gasteiger partial charge is 0.0560 e. The van der Waals surface area contributed by atoms with Crippen molar-refractivity contribution >= 4 is 43.6 Å². The predicted octanol–water partition coefficient (Wildman–Crippen LogP) is 13.6. The first-order valence-corrected chi connectivity index (χ1v) is 18.8. The number of rotatable bonds is 4. The number of nitrogens with zero attached hydrogens (tertiary/aromatic N) is 2. The lowest BCUT2D eigenvalue weighted by molar-refractivity contribution is 0.648. The summed E-state index contributed by atoms with van der Waals surface area (Å²) in [4.78, 5) is 0. The fourth-order valence-electron chi connectivity index (χ4n) is 9.40. The number of fused-ring (bicyclic) bond motifs is 9. The van der Waals surface area contributed by atoms with Crippen molar-refractivity contribution in [1.29, 1.82) is 0 Å². The molecule has 7 aromatic carbocycles. The highest BCUT2D eigenvalue weighted by atomic mass is 15.0. The van der Waals surface area contributed by atoms with Gasteiger partial charge in [-0.3, -0.25) is 0 Å². The summed E-state index contributed by atoms with van der Waals surface area (Å²) in [5.74, 6) is 0. The highest BCUT2D eigenvalue weighted by molar-refractivity contribution is 6.12. The molecule has 0 fully saturated rings. The average molecular weight is 679 g/mol. The van der Waals surface area contributed by atoms with Crippen LogP contribution >= 0.6 is 0 Å². The molecule has 2 nitrogen and oxygen atoms in total. The van der Waals surface area contributed by atoms with E-state index in [0.717, 1.165) is 6.42 Å². The molecule has 0 saturated heterocycles. The van der Waals surface area contributed by atoms with Gasteiger partial charge >= 0.3 is 0 Å². The van der Waals surface area contributed by atoms with Crippen molar-refractivity contribution in [2.75, 3.05) is 0 Å². The minimum atomic E-state index is -0.0492. The lowest BCUT2D eigenvalue weighted by atomic mass is 9.82. The van der Waals surface area contributed by atoms with E-state index in [1.807, 2.05) is 0 Å². The van der Waals surface area contributed by atoms with E-state index >= 15 is 0 Å². The largest absolute Gasteiger partial charge is 0.333 e. The van der Waals surface area contributed by atoms with E-state index in [4.69, 9.17) is 0 Å². The Hall–Kier alpha value is -6.38. The molecule has 1 unspecified atom stereocenters. The minimum Gasteiger partial charge on any atom is -0.333 e. The Kier molecular flexibility index (Phi) is 6.46. The van der Waals surface area contributed by atoms with Gasteiger partial charge in [-0.1, -0.05) is 141 Å². The summed E-state index contributed by atoms with van der Waals surface area (Å²) in [6, 6.07) is 57.0. The summed E-state index contributed by atoms with van der Waals surface area (Å²) in [5.41, 5.74) is 16.6. The lowest BCUT2D eigenvalue weighted by Crippen LogP contribution is -2.14. The topological polar surface area (TPSA) is 9.86 Å². The van der Waals surface area contributed by atoms with Gasteiger partial charge in [0.25, 0.3) is 0 Å².